The van der Waals surface area contributed by atoms with Gasteiger partial charge in [0.25, 0.3) is 0 Å². The molecule has 0 N–H and O–H groups in total. The second-order valence-corrected chi connectivity index (χ2v) is 6.59. The van der Waals surface area contributed by atoms with Crippen molar-refractivity contribution in [3.63, 3.8) is 0 Å². The molecule has 0 atom stereocenters. The zero-order valence-electron chi connectivity index (χ0n) is 8.63. The summed E-state index contributed by atoms with van der Waals surface area (Å²) in [6, 6.07) is 21.7. The van der Waals surface area contributed by atoms with Crippen LogP contribution in [0.4, 0.5) is 0 Å². The quantitative estimate of drug-likeness (QED) is 0.762. The van der Waals surface area contributed by atoms with Crippen molar-refractivity contribution >= 4 is 21.6 Å². The molecule has 2 aromatic carbocycles. The SMILES string of the molecule is c1ccc([CH2][Sb][CH2]c2ccccc2)cc1. The molecule has 15 heavy (non-hydrogen) atoms. The molecule has 0 aliphatic carbocycles. The molecular formula is C14H14Sb. The van der Waals surface area contributed by atoms with Gasteiger partial charge in [0.15, 0.2) is 0 Å². The molecule has 0 aliphatic heterocycles. The molecule has 0 fully saturated rings. The van der Waals surface area contributed by atoms with Crippen molar-refractivity contribution in [3.8, 4) is 0 Å². The molecular weight excluding hydrogens is 290 g/mol. The van der Waals surface area contributed by atoms with Gasteiger partial charge in [0.2, 0.25) is 0 Å². The van der Waals surface area contributed by atoms with Gasteiger partial charge in [-0.05, 0) is 0 Å². The average Bonchev–Trinajstić information content (AvgIpc) is 2.32. The molecule has 0 saturated heterocycles. The predicted molar refractivity (Wildman–Crippen MR) is 66.0 cm³/mol. The minimum atomic E-state index is -0.0825. The van der Waals surface area contributed by atoms with E-state index in [-0.39, 0.29) is 21.6 Å². The Bertz CT molecular complexity index is 341. The van der Waals surface area contributed by atoms with Gasteiger partial charge in [0.05, 0.1) is 0 Å². The first kappa shape index (κ1) is 10.8. The fourth-order valence-corrected chi connectivity index (χ4v) is 4.48. The monoisotopic (exact) mass is 303 g/mol. The van der Waals surface area contributed by atoms with E-state index in [1.54, 1.807) is 0 Å². The van der Waals surface area contributed by atoms with E-state index in [0.717, 1.165) is 0 Å². The van der Waals surface area contributed by atoms with Crippen LogP contribution in [0.2, 0.25) is 0 Å². The van der Waals surface area contributed by atoms with Gasteiger partial charge in [0.1, 0.15) is 0 Å². The topological polar surface area (TPSA) is 0 Å². The maximum absolute atomic E-state index is 2.24. The van der Waals surface area contributed by atoms with E-state index in [2.05, 4.69) is 60.7 Å². The summed E-state index contributed by atoms with van der Waals surface area (Å²) in [6.45, 7) is 0. The van der Waals surface area contributed by atoms with Crippen LogP contribution >= 0.6 is 0 Å². The van der Waals surface area contributed by atoms with E-state index < -0.39 is 0 Å². The van der Waals surface area contributed by atoms with Crippen LogP contribution in [0.1, 0.15) is 11.1 Å². The molecule has 0 aliphatic rings. The Balaban J connectivity index is 1.81. The van der Waals surface area contributed by atoms with Crippen molar-refractivity contribution in [3.05, 3.63) is 71.8 Å². The van der Waals surface area contributed by atoms with E-state index in [9.17, 15) is 0 Å². The van der Waals surface area contributed by atoms with Crippen molar-refractivity contribution in [1.29, 1.82) is 0 Å². The van der Waals surface area contributed by atoms with Gasteiger partial charge in [-0.1, -0.05) is 0 Å². The van der Waals surface area contributed by atoms with Gasteiger partial charge in [-0.2, -0.15) is 0 Å². The van der Waals surface area contributed by atoms with Gasteiger partial charge in [-0.25, -0.2) is 0 Å². The minimum absolute atomic E-state index is 0.0825. The normalized spacial score (nSPS) is 10.1. The molecule has 1 radical (unpaired) electrons. The van der Waals surface area contributed by atoms with Crippen molar-refractivity contribution in [2.75, 3.05) is 0 Å². The van der Waals surface area contributed by atoms with Crippen LogP contribution in [0.15, 0.2) is 60.7 Å². The van der Waals surface area contributed by atoms with Crippen molar-refractivity contribution in [1.82, 2.24) is 0 Å². The fourth-order valence-electron chi connectivity index (χ4n) is 1.48. The van der Waals surface area contributed by atoms with Gasteiger partial charge >= 0.3 is 102 Å². The van der Waals surface area contributed by atoms with Crippen LogP contribution in [0, 0.1) is 0 Å². The third-order valence-corrected chi connectivity index (χ3v) is 5.64. The molecule has 1 heteroatoms. The van der Waals surface area contributed by atoms with E-state index in [0.29, 0.717) is 0 Å². The number of hydrogen-bond donors (Lipinski definition) is 0. The summed E-state index contributed by atoms with van der Waals surface area (Å²) in [5.41, 5.74) is 3.01. The van der Waals surface area contributed by atoms with E-state index in [1.165, 1.54) is 19.9 Å². The van der Waals surface area contributed by atoms with E-state index >= 15 is 0 Å². The summed E-state index contributed by atoms with van der Waals surface area (Å²) in [6.07, 6.45) is 0. The summed E-state index contributed by atoms with van der Waals surface area (Å²) >= 11 is -0.0825. The standard InChI is InChI=1S/2C7H7.Sb/c2*1-7-5-3-2-4-6-7;/h2*2-6H,1H2;. The summed E-state index contributed by atoms with van der Waals surface area (Å²) in [5, 5.41) is 0. The summed E-state index contributed by atoms with van der Waals surface area (Å²) in [5.74, 6) is 0. The molecule has 2 aromatic rings. The molecule has 0 unspecified atom stereocenters. The molecule has 0 spiro atoms. The Morgan fingerprint density at radius 3 is 1.40 bits per heavy atom. The van der Waals surface area contributed by atoms with E-state index in [4.69, 9.17) is 0 Å². The van der Waals surface area contributed by atoms with Crippen molar-refractivity contribution in [2.24, 2.45) is 0 Å². The van der Waals surface area contributed by atoms with Gasteiger partial charge in [-0.15, -0.1) is 0 Å². The Labute approximate surface area is 102 Å². The average molecular weight is 304 g/mol. The molecule has 75 valence electrons. The Morgan fingerprint density at radius 1 is 0.600 bits per heavy atom. The Kier molecular flexibility index (Phi) is 4.29. The van der Waals surface area contributed by atoms with Crippen LogP contribution in [0.25, 0.3) is 0 Å². The molecule has 2 rings (SSSR count). The predicted octanol–water partition coefficient (Wildman–Crippen LogP) is 3.09. The maximum atomic E-state index is 2.24. The third-order valence-electron chi connectivity index (χ3n) is 2.27. The van der Waals surface area contributed by atoms with Crippen LogP contribution in [-0.2, 0) is 8.73 Å². The molecule has 0 amide bonds. The summed E-state index contributed by atoms with van der Waals surface area (Å²) < 4.78 is 2.65. The molecule has 0 heterocycles. The fraction of sp³-hybridized carbons (Fsp3) is 0.143. The number of benzene rings is 2. The van der Waals surface area contributed by atoms with Crippen LogP contribution in [0.5, 0.6) is 0 Å². The Morgan fingerprint density at radius 2 is 1.00 bits per heavy atom. The number of rotatable bonds is 4. The van der Waals surface area contributed by atoms with Crippen LogP contribution < -0.4 is 0 Å². The van der Waals surface area contributed by atoms with Gasteiger partial charge in [-0.3, -0.25) is 0 Å². The van der Waals surface area contributed by atoms with Crippen molar-refractivity contribution < 1.29 is 0 Å². The molecule has 0 nitrogen and oxygen atoms in total. The molecule has 0 aromatic heterocycles. The number of hydrogen-bond acceptors (Lipinski definition) is 0. The first-order valence-electron chi connectivity index (χ1n) is 5.16. The molecule has 0 bridgehead atoms. The first-order chi connectivity index (χ1) is 7.45. The molecule has 0 saturated carbocycles. The van der Waals surface area contributed by atoms with Crippen molar-refractivity contribution in [2.45, 2.75) is 8.73 Å². The third kappa shape index (κ3) is 3.72. The second-order valence-electron chi connectivity index (χ2n) is 3.51. The zero-order chi connectivity index (χ0) is 10.3. The Hall–Kier alpha value is -0.742. The summed E-state index contributed by atoms with van der Waals surface area (Å²) in [7, 11) is 0. The summed E-state index contributed by atoms with van der Waals surface area (Å²) in [4.78, 5) is 0. The van der Waals surface area contributed by atoms with Crippen LogP contribution in [0.3, 0.4) is 0 Å². The van der Waals surface area contributed by atoms with Crippen LogP contribution in [-0.4, -0.2) is 21.6 Å². The van der Waals surface area contributed by atoms with E-state index in [1.807, 2.05) is 0 Å². The zero-order valence-corrected chi connectivity index (χ0v) is 11.2. The van der Waals surface area contributed by atoms with Gasteiger partial charge < -0.3 is 0 Å². The second kappa shape index (κ2) is 5.98. The first-order valence-corrected chi connectivity index (χ1v) is 8.77. The van der Waals surface area contributed by atoms with Gasteiger partial charge in [0, 0.05) is 0 Å².